The molecule has 0 aromatic heterocycles. The van der Waals surface area contributed by atoms with Gasteiger partial charge in [-0.1, -0.05) is 34.5 Å². The molecule has 0 bridgehead atoms. The van der Waals surface area contributed by atoms with Crippen LogP contribution in [0.1, 0.15) is 36.5 Å². The Kier molecular flexibility index (Phi) is 4.10. The first-order valence-electron chi connectivity index (χ1n) is 5.81. The fraction of sp³-hybridized carbons (Fsp3) is 0.462. The summed E-state index contributed by atoms with van der Waals surface area (Å²) in [7, 11) is 0. The van der Waals surface area contributed by atoms with Gasteiger partial charge in [-0.3, -0.25) is 4.79 Å². The van der Waals surface area contributed by atoms with Crippen molar-refractivity contribution in [2.75, 3.05) is 0 Å². The molecule has 1 saturated carbocycles. The van der Waals surface area contributed by atoms with E-state index in [0.29, 0.717) is 22.5 Å². The predicted octanol–water partition coefficient (Wildman–Crippen LogP) is 4.02. The van der Waals surface area contributed by atoms with Gasteiger partial charge in [-0.25, -0.2) is 0 Å². The number of nitrogens with one attached hydrogen (secondary N) is 1. The van der Waals surface area contributed by atoms with Crippen molar-refractivity contribution in [2.45, 2.75) is 32.2 Å². The van der Waals surface area contributed by atoms with Gasteiger partial charge in [0.1, 0.15) is 0 Å². The minimum absolute atomic E-state index is 0.0349. The third-order valence-corrected chi connectivity index (χ3v) is 3.83. The highest BCUT2D eigenvalue weighted by molar-refractivity contribution is 9.10. The Morgan fingerprint density at radius 2 is 2.18 bits per heavy atom. The monoisotopic (exact) mass is 315 g/mol. The molecule has 2 nitrogen and oxygen atoms in total. The Labute approximate surface area is 115 Å². The van der Waals surface area contributed by atoms with Crippen LogP contribution in [0.4, 0.5) is 0 Å². The zero-order chi connectivity index (χ0) is 12.4. The number of hydrogen-bond acceptors (Lipinski definition) is 1. The normalized spacial score (nSPS) is 23.7. The summed E-state index contributed by atoms with van der Waals surface area (Å²) < 4.78 is 0.829. The maximum absolute atomic E-state index is 12.0. The van der Waals surface area contributed by atoms with Crippen LogP contribution < -0.4 is 5.32 Å². The Balaban J connectivity index is 2.04. The molecular formula is C13H15BrClNO. The number of carbonyl (C=O) groups is 1. The highest BCUT2D eigenvalue weighted by atomic mass is 79.9. The Bertz CT molecular complexity index is 415. The number of rotatable bonds is 2. The lowest BCUT2D eigenvalue weighted by Crippen LogP contribution is -2.32. The van der Waals surface area contributed by atoms with E-state index in [-0.39, 0.29) is 5.91 Å². The molecule has 1 aliphatic carbocycles. The van der Waals surface area contributed by atoms with Crippen LogP contribution in [-0.4, -0.2) is 11.9 Å². The van der Waals surface area contributed by atoms with Gasteiger partial charge < -0.3 is 5.32 Å². The number of hydrogen-bond donors (Lipinski definition) is 1. The zero-order valence-corrected chi connectivity index (χ0v) is 12.0. The Hall–Kier alpha value is -0.540. The van der Waals surface area contributed by atoms with E-state index in [1.165, 1.54) is 6.42 Å². The fourth-order valence-corrected chi connectivity index (χ4v) is 3.15. The summed E-state index contributed by atoms with van der Waals surface area (Å²) in [4.78, 5) is 12.0. The molecule has 1 aliphatic rings. The van der Waals surface area contributed by atoms with E-state index < -0.39 is 0 Å². The maximum atomic E-state index is 12.0. The van der Waals surface area contributed by atoms with Crippen molar-refractivity contribution in [1.82, 2.24) is 5.32 Å². The van der Waals surface area contributed by atoms with Crippen LogP contribution in [-0.2, 0) is 0 Å². The van der Waals surface area contributed by atoms with Crippen LogP contribution in [0.3, 0.4) is 0 Å². The van der Waals surface area contributed by atoms with Gasteiger partial charge >= 0.3 is 0 Å². The maximum Gasteiger partial charge on any atom is 0.251 e. The van der Waals surface area contributed by atoms with E-state index in [4.69, 9.17) is 11.6 Å². The average Bonchev–Trinajstić information content (AvgIpc) is 2.62. The molecular weight excluding hydrogens is 302 g/mol. The Morgan fingerprint density at radius 3 is 2.76 bits per heavy atom. The molecule has 0 spiro atoms. The van der Waals surface area contributed by atoms with E-state index in [1.807, 2.05) is 0 Å². The van der Waals surface area contributed by atoms with E-state index >= 15 is 0 Å². The lowest BCUT2D eigenvalue weighted by Gasteiger charge is -2.12. The van der Waals surface area contributed by atoms with Gasteiger partial charge in [-0.15, -0.1) is 0 Å². The molecule has 1 aromatic rings. The molecule has 1 fully saturated rings. The van der Waals surface area contributed by atoms with E-state index in [0.717, 1.165) is 17.3 Å². The third kappa shape index (κ3) is 3.46. The molecule has 0 saturated heterocycles. The van der Waals surface area contributed by atoms with Gasteiger partial charge in [0, 0.05) is 21.1 Å². The van der Waals surface area contributed by atoms with Crippen LogP contribution >= 0.6 is 27.5 Å². The van der Waals surface area contributed by atoms with Gasteiger partial charge in [0.05, 0.1) is 0 Å². The van der Waals surface area contributed by atoms with E-state index in [2.05, 4.69) is 28.2 Å². The first-order valence-corrected chi connectivity index (χ1v) is 6.98. The van der Waals surface area contributed by atoms with Crippen molar-refractivity contribution in [1.29, 1.82) is 0 Å². The smallest absolute Gasteiger partial charge is 0.251 e. The zero-order valence-electron chi connectivity index (χ0n) is 9.67. The number of halogens is 2. The molecule has 1 amide bonds. The number of benzene rings is 1. The van der Waals surface area contributed by atoms with Crippen LogP contribution in [0.5, 0.6) is 0 Å². The summed E-state index contributed by atoms with van der Waals surface area (Å²) in [5.74, 6) is 0.679. The topological polar surface area (TPSA) is 29.1 Å². The molecule has 2 atom stereocenters. The second-order valence-corrected chi connectivity index (χ2v) is 6.10. The minimum Gasteiger partial charge on any atom is -0.349 e. The summed E-state index contributed by atoms with van der Waals surface area (Å²) >= 11 is 9.26. The van der Waals surface area contributed by atoms with Crippen LogP contribution in [0, 0.1) is 5.92 Å². The van der Waals surface area contributed by atoms with Crippen molar-refractivity contribution in [3.63, 3.8) is 0 Å². The first kappa shape index (κ1) is 12.9. The average molecular weight is 317 g/mol. The molecule has 1 aromatic carbocycles. The minimum atomic E-state index is -0.0349. The molecule has 2 rings (SSSR count). The molecule has 0 heterocycles. The third-order valence-electron chi connectivity index (χ3n) is 3.15. The van der Waals surface area contributed by atoms with Crippen molar-refractivity contribution in [3.8, 4) is 0 Å². The summed E-state index contributed by atoms with van der Waals surface area (Å²) in [6.45, 7) is 2.22. The largest absolute Gasteiger partial charge is 0.349 e. The summed E-state index contributed by atoms with van der Waals surface area (Å²) in [6.07, 6.45) is 3.35. The molecule has 4 heteroatoms. The highest BCUT2D eigenvalue weighted by Gasteiger charge is 2.23. The summed E-state index contributed by atoms with van der Waals surface area (Å²) in [5, 5.41) is 3.64. The molecule has 0 radical (unpaired) electrons. The second kappa shape index (κ2) is 5.40. The molecule has 0 aliphatic heterocycles. The van der Waals surface area contributed by atoms with Crippen molar-refractivity contribution in [3.05, 3.63) is 33.3 Å². The lowest BCUT2D eigenvalue weighted by molar-refractivity contribution is 0.0937. The van der Waals surface area contributed by atoms with Gasteiger partial charge in [-0.05, 0) is 43.4 Å². The van der Waals surface area contributed by atoms with Gasteiger partial charge in [0.15, 0.2) is 0 Å². The van der Waals surface area contributed by atoms with Crippen LogP contribution in [0.25, 0.3) is 0 Å². The second-order valence-electron chi connectivity index (χ2n) is 4.75. The highest BCUT2D eigenvalue weighted by Crippen LogP contribution is 2.25. The van der Waals surface area contributed by atoms with Crippen LogP contribution in [0.15, 0.2) is 22.7 Å². The predicted molar refractivity (Wildman–Crippen MR) is 73.4 cm³/mol. The van der Waals surface area contributed by atoms with Crippen molar-refractivity contribution >= 4 is 33.4 Å². The van der Waals surface area contributed by atoms with Gasteiger partial charge in [-0.2, -0.15) is 0 Å². The summed E-state index contributed by atoms with van der Waals surface area (Å²) in [6, 6.07) is 5.57. The molecule has 17 heavy (non-hydrogen) atoms. The summed E-state index contributed by atoms with van der Waals surface area (Å²) in [5.41, 5.74) is 0.615. The van der Waals surface area contributed by atoms with Gasteiger partial charge in [0.25, 0.3) is 5.91 Å². The van der Waals surface area contributed by atoms with E-state index in [9.17, 15) is 4.79 Å². The van der Waals surface area contributed by atoms with Gasteiger partial charge in [0.2, 0.25) is 0 Å². The first-order chi connectivity index (χ1) is 8.04. The Morgan fingerprint density at radius 1 is 1.41 bits per heavy atom. The van der Waals surface area contributed by atoms with E-state index in [1.54, 1.807) is 18.2 Å². The lowest BCUT2D eigenvalue weighted by atomic mass is 10.1. The SMILES string of the molecule is CC1CCC(NC(=O)c2cc(Cl)cc(Br)c2)C1. The van der Waals surface area contributed by atoms with Crippen molar-refractivity contribution in [2.24, 2.45) is 5.92 Å². The van der Waals surface area contributed by atoms with Crippen LogP contribution in [0.2, 0.25) is 5.02 Å². The fourth-order valence-electron chi connectivity index (χ4n) is 2.29. The number of amides is 1. The molecule has 2 unspecified atom stereocenters. The quantitative estimate of drug-likeness (QED) is 0.877. The van der Waals surface area contributed by atoms with Crippen molar-refractivity contribution < 1.29 is 4.79 Å². The standard InChI is InChI=1S/C13H15BrClNO/c1-8-2-3-12(4-8)16-13(17)9-5-10(14)7-11(15)6-9/h5-8,12H,2-4H2,1H3,(H,16,17). The molecule has 1 N–H and O–H groups in total. The number of carbonyl (C=O) groups excluding carboxylic acids is 1. The molecule has 92 valence electrons.